The normalized spacial score (nSPS) is 11.0. The lowest BCUT2D eigenvalue weighted by molar-refractivity contribution is 0.410. The van der Waals surface area contributed by atoms with Gasteiger partial charge in [-0.3, -0.25) is 4.72 Å². The number of anilines is 2. The van der Waals surface area contributed by atoms with Gasteiger partial charge in [-0.05, 0) is 36.8 Å². The van der Waals surface area contributed by atoms with Crippen LogP contribution in [0.2, 0.25) is 0 Å². The molecule has 6 nitrogen and oxygen atoms in total. The van der Waals surface area contributed by atoms with E-state index in [-0.39, 0.29) is 10.7 Å². The molecule has 0 saturated carbocycles. The second kappa shape index (κ2) is 8.09. The topological polar surface area (TPSA) is 80.3 Å². The van der Waals surface area contributed by atoms with E-state index in [0.717, 1.165) is 17.0 Å². The molecule has 0 atom stereocenters. The average Bonchev–Trinajstić information content (AvgIpc) is 2.67. The third-order valence-electron chi connectivity index (χ3n) is 4.06. The molecule has 2 aromatic carbocycles. The van der Waals surface area contributed by atoms with Crippen molar-refractivity contribution >= 4 is 21.5 Å². The third-order valence-corrected chi connectivity index (χ3v) is 5.58. The van der Waals surface area contributed by atoms with Crippen molar-refractivity contribution in [2.24, 2.45) is 0 Å². The summed E-state index contributed by atoms with van der Waals surface area (Å²) in [5.41, 5.74) is 2.48. The minimum absolute atomic E-state index is 0.241. The van der Waals surface area contributed by atoms with Gasteiger partial charge in [-0.2, -0.15) is 0 Å². The van der Waals surface area contributed by atoms with E-state index < -0.39 is 10.0 Å². The van der Waals surface area contributed by atoms with Crippen LogP contribution >= 0.6 is 0 Å². The Labute approximate surface area is 159 Å². The Bertz CT molecular complexity index is 1020. The first-order chi connectivity index (χ1) is 13.0. The Morgan fingerprint density at radius 1 is 1.00 bits per heavy atom. The summed E-state index contributed by atoms with van der Waals surface area (Å²) in [6.07, 6.45) is 1.59. The number of hydrogen-bond donors (Lipinski definition) is 2. The number of nitrogens with one attached hydrogen (secondary N) is 2. The molecule has 0 fully saturated rings. The monoisotopic (exact) mass is 383 g/mol. The maximum atomic E-state index is 12.5. The minimum Gasteiger partial charge on any atom is -0.496 e. The molecule has 0 aliphatic rings. The number of aromatic nitrogens is 1. The van der Waals surface area contributed by atoms with Gasteiger partial charge in [-0.1, -0.05) is 36.4 Å². The highest BCUT2D eigenvalue weighted by molar-refractivity contribution is 7.92. The lowest BCUT2D eigenvalue weighted by atomic mass is 10.2. The molecule has 7 heteroatoms. The number of benzene rings is 2. The fourth-order valence-electron chi connectivity index (χ4n) is 2.66. The zero-order chi connectivity index (χ0) is 19.3. The average molecular weight is 383 g/mol. The first kappa shape index (κ1) is 18.7. The van der Waals surface area contributed by atoms with E-state index in [1.54, 1.807) is 56.6 Å². The van der Waals surface area contributed by atoms with Gasteiger partial charge in [0.05, 0.1) is 23.9 Å². The van der Waals surface area contributed by atoms with Crippen LogP contribution in [-0.4, -0.2) is 20.5 Å². The van der Waals surface area contributed by atoms with E-state index in [0.29, 0.717) is 12.1 Å². The van der Waals surface area contributed by atoms with Gasteiger partial charge in [-0.25, -0.2) is 13.4 Å². The van der Waals surface area contributed by atoms with Crippen molar-refractivity contribution in [2.75, 3.05) is 17.1 Å². The molecule has 1 aromatic heterocycles. The van der Waals surface area contributed by atoms with E-state index in [4.69, 9.17) is 4.74 Å². The van der Waals surface area contributed by atoms with Crippen LogP contribution in [-0.2, 0) is 16.6 Å². The lowest BCUT2D eigenvalue weighted by Gasteiger charge is -2.12. The molecule has 0 aliphatic carbocycles. The number of nitrogens with zero attached hydrogens (tertiary/aromatic N) is 1. The van der Waals surface area contributed by atoms with E-state index in [1.165, 1.54) is 0 Å². The molecule has 0 bridgehead atoms. The number of hydrogen-bond acceptors (Lipinski definition) is 5. The molecule has 0 aliphatic heterocycles. The first-order valence-corrected chi connectivity index (χ1v) is 9.88. The van der Waals surface area contributed by atoms with Crippen molar-refractivity contribution < 1.29 is 13.2 Å². The summed E-state index contributed by atoms with van der Waals surface area (Å²) in [4.78, 5) is 4.43. The van der Waals surface area contributed by atoms with Crippen molar-refractivity contribution in [3.05, 3.63) is 78.0 Å². The summed E-state index contributed by atoms with van der Waals surface area (Å²) in [5.74, 6) is 1.07. The highest BCUT2D eigenvalue weighted by Crippen LogP contribution is 2.21. The summed E-state index contributed by atoms with van der Waals surface area (Å²) in [6.45, 7) is 2.33. The van der Waals surface area contributed by atoms with Crippen LogP contribution in [0.3, 0.4) is 0 Å². The fourth-order valence-corrected chi connectivity index (χ4v) is 3.91. The highest BCUT2D eigenvalue weighted by atomic mass is 32.2. The number of para-hydroxylation sites is 1. The maximum absolute atomic E-state index is 12.5. The van der Waals surface area contributed by atoms with Crippen molar-refractivity contribution in [3.63, 3.8) is 0 Å². The summed E-state index contributed by atoms with van der Waals surface area (Å²) in [5, 5.41) is 3.25. The second-order valence-corrected chi connectivity index (χ2v) is 7.62. The Morgan fingerprint density at radius 3 is 2.44 bits per heavy atom. The molecule has 1 heterocycles. The number of pyridine rings is 1. The van der Waals surface area contributed by atoms with Crippen LogP contribution in [0, 0.1) is 6.92 Å². The third kappa shape index (κ3) is 4.57. The van der Waals surface area contributed by atoms with Crippen molar-refractivity contribution in [2.45, 2.75) is 18.4 Å². The number of rotatable bonds is 7. The minimum atomic E-state index is -3.67. The van der Waals surface area contributed by atoms with Crippen LogP contribution in [0.4, 0.5) is 11.5 Å². The van der Waals surface area contributed by atoms with Gasteiger partial charge in [0.1, 0.15) is 11.6 Å². The summed E-state index contributed by atoms with van der Waals surface area (Å²) in [7, 11) is -2.04. The van der Waals surface area contributed by atoms with Crippen molar-refractivity contribution in [1.29, 1.82) is 0 Å². The Balaban J connectivity index is 1.68. The summed E-state index contributed by atoms with van der Waals surface area (Å²) >= 11 is 0. The van der Waals surface area contributed by atoms with Gasteiger partial charge in [0.15, 0.2) is 0 Å². The van der Waals surface area contributed by atoms with Gasteiger partial charge in [0.25, 0.3) is 10.0 Å². The first-order valence-electron chi connectivity index (χ1n) is 8.40. The molecule has 3 aromatic rings. The Kier molecular flexibility index (Phi) is 5.61. The molecule has 0 amide bonds. The molecule has 0 saturated heterocycles. The molecule has 0 unspecified atom stereocenters. The molecule has 27 heavy (non-hydrogen) atoms. The zero-order valence-electron chi connectivity index (χ0n) is 15.1. The number of aryl methyl sites for hydroxylation is 1. The zero-order valence-corrected chi connectivity index (χ0v) is 16.0. The highest BCUT2D eigenvalue weighted by Gasteiger charge is 2.16. The van der Waals surface area contributed by atoms with Gasteiger partial charge >= 0.3 is 0 Å². The number of ether oxygens (including phenoxy) is 1. The van der Waals surface area contributed by atoms with Gasteiger partial charge < -0.3 is 10.1 Å². The quantitative estimate of drug-likeness (QED) is 0.648. The largest absolute Gasteiger partial charge is 0.496 e. The van der Waals surface area contributed by atoms with Crippen LogP contribution in [0.25, 0.3) is 0 Å². The van der Waals surface area contributed by atoms with Crippen molar-refractivity contribution in [1.82, 2.24) is 4.98 Å². The maximum Gasteiger partial charge on any atom is 0.263 e. The van der Waals surface area contributed by atoms with E-state index in [9.17, 15) is 8.42 Å². The molecule has 0 spiro atoms. The molecule has 0 radical (unpaired) electrons. The summed E-state index contributed by atoms with van der Waals surface area (Å²) in [6, 6.07) is 18.0. The Morgan fingerprint density at radius 2 is 1.74 bits per heavy atom. The van der Waals surface area contributed by atoms with Crippen LogP contribution in [0.15, 0.2) is 71.8 Å². The van der Waals surface area contributed by atoms with Crippen molar-refractivity contribution in [3.8, 4) is 5.75 Å². The summed E-state index contributed by atoms with van der Waals surface area (Å²) < 4.78 is 32.9. The number of methoxy groups -OCH3 is 1. The molecular formula is C20H21N3O3S. The molecule has 140 valence electrons. The lowest BCUT2D eigenvalue weighted by Crippen LogP contribution is -2.15. The van der Waals surface area contributed by atoms with Gasteiger partial charge in [-0.15, -0.1) is 0 Å². The van der Waals surface area contributed by atoms with Crippen LogP contribution < -0.4 is 14.8 Å². The number of sulfonamides is 1. The van der Waals surface area contributed by atoms with E-state index in [1.807, 2.05) is 24.3 Å². The Hall–Kier alpha value is -3.06. The van der Waals surface area contributed by atoms with Gasteiger partial charge in [0, 0.05) is 12.1 Å². The van der Waals surface area contributed by atoms with Crippen LogP contribution in [0.5, 0.6) is 5.75 Å². The predicted octanol–water partition coefficient (Wildman–Crippen LogP) is 3.81. The predicted molar refractivity (Wildman–Crippen MR) is 107 cm³/mol. The molecular weight excluding hydrogens is 362 g/mol. The molecule has 2 N–H and O–H groups in total. The van der Waals surface area contributed by atoms with E-state index >= 15 is 0 Å². The van der Waals surface area contributed by atoms with E-state index in [2.05, 4.69) is 15.0 Å². The second-order valence-electron chi connectivity index (χ2n) is 5.97. The van der Waals surface area contributed by atoms with Gasteiger partial charge in [0.2, 0.25) is 0 Å². The standard InChI is InChI=1S/C20H21N3O3S/c1-15-7-3-6-10-19(15)27(24,25)23-20-12-11-17(14-22-20)21-13-16-8-4-5-9-18(16)26-2/h3-12,14,21H,13H2,1-2H3,(H,22,23). The molecule has 3 rings (SSSR count). The fraction of sp³-hybridized carbons (Fsp3) is 0.150. The smallest absolute Gasteiger partial charge is 0.263 e. The van der Waals surface area contributed by atoms with Crippen LogP contribution in [0.1, 0.15) is 11.1 Å². The SMILES string of the molecule is COc1ccccc1CNc1ccc(NS(=O)(=O)c2ccccc2C)nc1.